The van der Waals surface area contributed by atoms with Crippen molar-refractivity contribution < 1.29 is 0 Å². The van der Waals surface area contributed by atoms with Crippen LogP contribution in [0.2, 0.25) is 0 Å². The Kier molecular flexibility index (Phi) is 0.828. The average Bonchev–Trinajstić information content (AvgIpc) is 1.91. The molecule has 0 atom stereocenters. The van der Waals surface area contributed by atoms with Crippen molar-refractivity contribution >= 4 is 11.8 Å². The SMILES string of the molecule is O=c1[nH]nnn1Cl. The first-order chi connectivity index (χ1) is 3.30. The summed E-state index contributed by atoms with van der Waals surface area (Å²) in [4.78, 5) is 10.1. The zero-order chi connectivity index (χ0) is 5.28. The molecule has 0 aliphatic carbocycles. The van der Waals surface area contributed by atoms with Gasteiger partial charge in [-0.15, -0.1) is 0 Å². The highest BCUT2D eigenvalue weighted by atomic mass is 35.5. The number of halogens is 1. The molecule has 1 aromatic heterocycles. The van der Waals surface area contributed by atoms with E-state index in [2.05, 4.69) is 10.4 Å². The molecular weight excluding hydrogens is 119 g/mol. The van der Waals surface area contributed by atoms with Gasteiger partial charge < -0.3 is 0 Å². The van der Waals surface area contributed by atoms with Gasteiger partial charge in [-0.2, -0.15) is 0 Å². The van der Waals surface area contributed by atoms with Crippen LogP contribution in [-0.4, -0.2) is 19.7 Å². The van der Waals surface area contributed by atoms with E-state index in [4.69, 9.17) is 11.8 Å². The van der Waals surface area contributed by atoms with Crippen LogP contribution in [0.25, 0.3) is 0 Å². The third-order valence-corrected chi connectivity index (χ3v) is 0.658. The number of hydrogen-bond donors (Lipinski definition) is 1. The Bertz CT molecular complexity index is 199. The topological polar surface area (TPSA) is 63.6 Å². The zero-order valence-corrected chi connectivity index (χ0v) is 3.88. The Morgan fingerprint density at radius 2 is 2.57 bits per heavy atom. The number of aromatic amines is 1. The predicted octanol–water partition coefficient (Wildman–Crippen LogP) is -1.03. The number of tetrazole rings is 1. The Balaban J connectivity index is 3.39. The molecule has 0 amide bonds. The molecule has 1 aromatic rings. The van der Waals surface area contributed by atoms with Crippen molar-refractivity contribution in [2.75, 3.05) is 0 Å². The van der Waals surface area contributed by atoms with E-state index in [1.807, 2.05) is 5.10 Å². The number of hydrogen-bond acceptors (Lipinski definition) is 3. The Morgan fingerprint density at radius 1 is 1.86 bits per heavy atom. The molecule has 0 saturated heterocycles. The molecule has 0 saturated carbocycles. The summed E-state index contributed by atoms with van der Waals surface area (Å²) in [7, 11) is 0. The second kappa shape index (κ2) is 1.34. The van der Waals surface area contributed by atoms with Gasteiger partial charge in [0, 0.05) is 11.8 Å². The van der Waals surface area contributed by atoms with Gasteiger partial charge in [0.1, 0.15) is 0 Å². The minimum atomic E-state index is -0.526. The molecule has 0 spiro atoms. The van der Waals surface area contributed by atoms with E-state index < -0.39 is 5.69 Å². The molecule has 1 N–H and O–H groups in total. The van der Waals surface area contributed by atoms with E-state index >= 15 is 0 Å². The summed E-state index contributed by atoms with van der Waals surface area (Å²) in [5, 5.41) is 8.13. The van der Waals surface area contributed by atoms with Gasteiger partial charge in [0.25, 0.3) is 0 Å². The maximum absolute atomic E-state index is 10.1. The van der Waals surface area contributed by atoms with Crippen LogP contribution in [0.15, 0.2) is 4.79 Å². The molecule has 7 heavy (non-hydrogen) atoms. The summed E-state index contributed by atoms with van der Waals surface area (Å²) in [5.41, 5.74) is -0.526. The zero-order valence-electron chi connectivity index (χ0n) is 3.13. The maximum Gasteiger partial charge on any atom is 0.376 e. The quantitative estimate of drug-likeness (QED) is 0.476. The lowest BCUT2D eigenvalue weighted by atomic mass is 11.4. The molecule has 0 aliphatic rings. The first-order valence-corrected chi connectivity index (χ1v) is 1.81. The summed E-state index contributed by atoms with van der Waals surface area (Å²) in [6, 6.07) is 0. The van der Waals surface area contributed by atoms with E-state index in [0.29, 0.717) is 4.20 Å². The molecule has 1 rings (SSSR count). The summed E-state index contributed by atoms with van der Waals surface area (Å²) in [5.74, 6) is 0. The van der Waals surface area contributed by atoms with E-state index in [-0.39, 0.29) is 0 Å². The highest BCUT2D eigenvalue weighted by Crippen LogP contribution is 1.64. The van der Waals surface area contributed by atoms with Crippen LogP contribution in [0.4, 0.5) is 0 Å². The highest BCUT2D eigenvalue weighted by molar-refractivity contribution is 6.14. The van der Waals surface area contributed by atoms with E-state index in [0.717, 1.165) is 0 Å². The molecule has 0 fully saturated rings. The minimum absolute atomic E-state index is 0.526. The Morgan fingerprint density at radius 3 is 2.71 bits per heavy atom. The van der Waals surface area contributed by atoms with Gasteiger partial charge in [0.05, 0.1) is 0 Å². The third-order valence-electron chi connectivity index (χ3n) is 0.436. The summed E-state index contributed by atoms with van der Waals surface area (Å²) < 4.78 is 0.583. The highest BCUT2D eigenvalue weighted by Gasteiger charge is 1.87. The fraction of sp³-hybridized carbons (Fsp3) is 0. The lowest BCUT2D eigenvalue weighted by molar-refractivity contribution is 0.843. The largest absolute Gasteiger partial charge is 0.376 e. The molecule has 0 aromatic carbocycles. The van der Waals surface area contributed by atoms with Crippen LogP contribution in [-0.2, 0) is 0 Å². The molecular formula is CHClN4O. The van der Waals surface area contributed by atoms with Crippen LogP contribution >= 0.6 is 11.8 Å². The number of nitrogens with zero attached hydrogens (tertiary/aromatic N) is 3. The smallest absolute Gasteiger partial charge is 0.243 e. The van der Waals surface area contributed by atoms with Crippen molar-refractivity contribution in [3.8, 4) is 0 Å². The van der Waals surface area contributed by atoms with E-state index in [1.165, 1.54) is 0 Å². The van der Waals surface area contributed by atoms with Gasteiger partial charge in [-0.05, 0) is 10.4 Å². The molecule has 5 nitrogen and oxygen atoms in total. The lowest BCUT2D eigenvalue weighted by Gasteiger charge is -1.66. The van der Waals surface area contributed by atoms with Crippen molar-refractivity contribution in [1.82, 2.24) is 19.7 Å². The monoisotopic (exact) mass is 120 g/mol. The fourth-order valence-corrected chi connectivity index (χ4v) is 0.258. The predicted molar refractivity (Wildman–Crippen MR) is 21.9 cm³/mol. The number of rotatable bonds is 0. The van der Waals surface area contributed by atoms with Gasteiger partial charge in [0.15, 0.2) is 0 Å². The van der Waals surface area contributed by atoms with Crippen molar-refractivity contribution in [1.29, 1.82) is 0 Å². The van der Waals surface area contributed by atoms with Crippen LogP contribution < -0.4 is 5.69 Å². The molecule has 0 bridgehead atoms. The van der Waals surface area contributed by atoms with Gasteiger partial charge in [0.2, 0.25) is 0 Å². The molecule has 6 heteroatoms. The van der Waals surface area contributed by atoms with Crippen LogP contribution in [0.1, 0.15) is 0 Å². The van der Waals surface area contributed by atoms with Crippen LogP contribution in [0.3, 0.4) is 0 Å². The molecule has 0 unspecified atom stereocenters. The summed E-state index contributed by atoms with van der Waals surface area (Å²) >= 11 is 5.02. The van der Waals surface area contributed by atoms with E-state index in [9.17, 15) is 4.79 Å². The lowest BCUT2D eigenvalue weighted by Crippen LogP contribution is -2.08. The molecule has 38 valence electrons. The Hall–Kier alpha value is -0.840. The molecule has 0 radical (unpaired) electrons. The van der Waals surface area contributed by atoms with Crippen molar-refractivity contribution in [2.45, 2.75) is 0 Å². The van der Waals surface area contributed by atoms with Crippen molar-refractivity contribution in [2.24, 2.45) is 0 Å². The summed E-state index contributed by atoms with van der Waals surface area (Å²) in [6.45, 7) is 0. The van der Waals surface area contributed by atoms with Gasteiger partial charge >= 0.3 is 5.69 Å². The normalized spacial score (nSPS) is 9.29. The van der Waals surface area contributed by atoms with Crippen LogP contribution in [0, 0.1) is 0 Å². The second-order valence-corrected chi connectivity index (χ2v) is 1.19. The average molecular weight is 120 g/mol. The Labute approximate surface area is 43.0 Å². The second-order valence-electron chi connectivity index (χ2n) is 0.867. The minimum Gasteiger partial charge on any atom is -0.243 e. The first kappa shape index (κ1) is 4.32. The van der Waals surface area contributed by atoms with Crippen molar-refractivity contribution in [3.05, 3.63) is 10.5 Å². The number of nitrogens with one attached hydrogen (secondary N) is 1. The molecule has 1 heterocycles. The standard InChI is InChI=1S/CHClN4O/c2-6-1(7)3-4-5-6/h(H,3,5,7). The van der Waals surface area contributed by atoms with Gasteiger partial charge in [-0.1, -0.05) is 4.20 Å². The first-order valence-electron chi connectivity index (χ1n) is 1.47. The van der Waals surface area contributed by atoms with Crippen molar-refractivity contribution in [3.63, 3.8) is 0 Å². The van der Waals surface area contributed by atoms with E-state index in [1.54, 1.807) is 0 Å². The number of H-pyrrole nitrogens is 1. The number of aromatic nitrogens is 4. The van der Waals surface area contributed by atoms with Crippen LogP contribution in [0.5, 0.6) is 0 Å². The van der Waals surface area contributed by atoms with Gasteiger partial charge in [-0.25, -0.2) is 9.89 Å². The maximum atomic E-state index is 10.1. The molecule has 0 aliphatic heterocycles. The summed E-state index contributed by atoms with van der Waals surface area (Å²) in [6.07, 6.45) is 0. The van der Waals surface area contributed by atoms with Gasteiger partial charge in [-0.3, -0.25) is 0 Å². The third kappa shape index (κ3) is 0.614. The fourth-order valence-electron chi connectivity index (χ4n) is 0.186.